The van der Waals surface area contributed by atoms with Gasteiger partial charge < -0.3 is 4.74 Å². The Labute approximate surface area is 161 Å². The van der Waals surface area contributed by atoms with Gasteiger partial charge in [-0.25, -0.2) is 22.9 Å². The minimum atomic E-state index is -1.05. The highest BCUT2D eigenvalue weighted by Gasteiger charge is 2.23. The maximum Gasteiger partial charge on any atom is 0.358 e. The van der Waals surface area contributed by atoms with E-state index in [1.807, 2.05) is 0 Å². The Kier molecular flexibility index (Phi) is 5.74. The molecule has 144 valence electrons. The van der Waals surface area contributed by atoms with Gasteiger partial charge >= 0.3 is 5.97 Å². The van der Waals surface area contributed by atoms with Crippen molar-refractivity contribution in [3.63, 3.8) is 0 Å². The number of carbonyl (C=O) groups excluding carboxylic acids is 2. The summed E-state index contributed by atoms with van der Waals surface area (Å²) in [5.74, 6) is -3.88. The van der Waals surface area contributed by atoms with Crippen molar-refractivity contribution in [2.24, 2.45) is 0 Å². The van der Waals surface area contributed by atoms with Gasteiger partial charge in [-0.05, 0) is 29.3 Å². The van der Waals surface area contributed by atoms with E-state index in [1.165, 1.54) is 6.07 Å². The molecule has 0 fully saturated rings. The zero-order valence-electron chi connectivity index (χ0n) is 14.5. The van der Waals surface area contributed by atoms with Crippen LogP contribution in [0.2, 0.25) is 0 Å². The Morgan fingerprint density at radius 3 is 2.46 bits per heavy atom. The van der Waals surface area contributed by atoms with Crippen LogP contribution in [0.15, 0.2) is 42.5 Å². The van der Waals surface area contributed by atoms with Gasteiger partial charge in [0.1, 0.15) is 23.9 Å². The van der Waals surface area contributed by atoms with Gasteiger partial charge in [0.05, 0.1) is 12.0 Å². The lowest BCUT2D eigenvalue weighted by Gasteiger charge is -2.04. The molecule has 1 amide bonds. The topological polar surface area (TPSA) is 68.3 Å². The van der Waals surface area contributed by atoms with Crippen molar-refractivity contribution in [2.75, 3.05) is 12.4 Å². The number of hydrogen-bond donors (Lipinski definition) is 1. The Balaban J connectivity index is 2.00. The van der Waals surface area contributed by atoms with Crippen LogP contribution in [0.3, 0.4) is 0 Å². The largest absolute Gasteiger partial charge is 0.464 e. The van der Waals surface area contributed by atoms with Crippen molar-refractivity contribution in [2.45, 2.75) is 6.67 Å². The maximum atomic E-state index is 13.8. The lowest BCUT2D eigenvalue weighted by atomic mass is 10.1. The number of carbonyl (C=O) groups is 2. The van der Waals surface area contributed by atoms with Crippen molar-refractivity contribution >= 4 is 28.3 Å². The third-order valence-corrected chi connectivity index (χ3v) is 4.78. The average Bonchev–Trinajstić information content (AvgIpc) is 3.11. The first-order valence-corrected chi connectivity index (χ1v) is 8.76. The van der Waals surface area contributed by atoms with Crippen molar-refractivity contribution in [1.29, 1.82) is 0 Å². The molecule has 2 aromatic carbocycles. The normalized spacial score (nSPS) is 10.6. The number of hydrogen-bond acceptors (Lipinski definition) is 5. The highest BCUT2D eigenvalue weighted by molar-refractivity contribution is 7.19. The van der Waals surface area contributed by atoms with Crippen molar-refractivity contribution < 1.29 is 27.5 Å². The van der Waals surface area contributed by atoms with E-state index in [9.17, 15) is 22.8 Å². The van der Waals surface area contributed by atoms with Crippen LogP contribution < -0.4 is 5.32 Å². The first kappa shape index (κ1) is 19.6. The molecular weight excluding hydrogens is 393 g/mol. The van der Waals surface area contributed by atoms with Crippen LogP contribution in [0, 0.1) is 11.6 Å². The molecule has 0 unspecified atom stereocenters. The number of esters is 1. The molecule has 0 radical (unpaired) electrons. The second-order valence-electron chi connectivity index (χ2n) is 5.57. The van der Waals surface area contributed by atoms with E-state index in [0.717, 1.165) is 36.6 Å². The van der Waals surface area contributed by atoms with E-state index in [2.05, 4.69) is 10.3 Å². The lowest BCUT2D eigenvalue weighted by molar-refractivity contribution is 0.0595. The number of nitrogens with one attached hydrogen (secondary N) is 1. The van der Waals surface area contributed by atoms with Crippen molar-refractivity contribution in [1.82, 2.24) is 4.98 Å². The highest BCUT2D eigenvalue weighted by Crippen LogP contribution is 2.34. The molecule has 3 aromatic rings. The Morgan fingerprint density at radius 1 is 1.14 bits per heavy atom. The quantitative estimate of drug-likeness (QED) is 0.629. The summed E-state index contributed by atoms with van der Waals surface area (Å²) < 4.78 is 45.2. The molecule has 0 saturated carbocycles. The number of methoxy groups -OCH3 is 1. The van der Waals surface area contributed by atoms with E-state index < -0.39 is 35.7 Å². The van der Waals surface area contributed by atoms with Crippen LogP contribution in [-0.2, 0) is 11.4 Å². The van der Waals surface area contributed by atoms with Crippen molar-refractivity contribution in [3.8, 4) is 10.4 Å². The number of rotatable bonds is 5. The minimum Gasteiger partial charge on any atom is -0.464 e. The molecule has 1 aromatic heterocycles. The summed E-state index contributed by atoms with van der Waals surface area (Å²) in [4.78, 5) is 28.7. The second-order valence-corrected chi connectivity index (χ2v) is 6.57. The standard InChI is InChI=1S/C19H13F3N2O3S/c1-27-18(26)15-16(11-5-2-4-10(8-11)9-20)28-19(23-15)24-17(25)14-12(21)6-3-7-13(14)22/h2-8H,9H2,1H3,(H,23,24,25). The Morgan fingerprint density at radius 2 is 1.82 bits per heavy atom. The molecule has 3 rings (SSSR count). The second kappa shape index (κ2) is 8.22. The summed E-state index contributed by atoms with van der Waals surface area (Å²) in [5, 5.41) is 2.22. The van der Waals surface area contributed by atoms with Gasteiger partial charge in [0.15, 0.2) is 10.8 Å². The minimum absolute atomic E-state index is 0.0614. The fourth-order valence-corrected chi connectivity index (χ4v) is 3.42. The molecule has 5 nitrogen and oxygen atoms in total. The molecule has 0 aliphatic carbocycles. The van der Waals surface area contributed by atoms with Gasteiger partial charge in [0, 0.05) is 0 Å². The van der Waals surface area contributed by atoms with Crippen molar-refractivity contribution in [3.05, 3.63) is 70.9 Å². The molecule has 0 aliphatic heterocycles. The molecule has 0 bridgehead atoms. The third-order valence-electron chi connectivity index (χ3n) is 3.76. The zero-order chi connectivity index (χ0) is 20.3. The summed E-state index contributed by atoms with van der Waals surface area (Å²) in [6, 6.07) is 9.39. The van der Waals surface area contributed by atoms with Gasteiger partial charge in [-0.1, -0.05) is 35.6 Å². The van der Waals surface area contributed by atoms with Crippen LogP contribution in [0.25, 0.3) is 10.4 Å². The highest BCUT2D eigenvalue weighted by atomic mass is 32.1. The molecule has 0 spiro atoms. The summed E-state index contributed by atoms with van der Waals surface area (Å²) >= 11 is 0.899. The number of alkyl halides is 1. The fraction of sp³-hybridized carbons (Fsp3) is 0.105. The monoisotopic (exact) mass is 406 g/mol. The van der Waals surface area contributed by atoms with Crippen LogP contribution in [0.5, 0.6) is 0 Å². The molecule has 9 heteroatoms. The Bertz CT molecular complexity index is 1030. The van der Waals surface area contributed by atoms with Gasteiger partial charge in [0.25, 0.3) is 5.91 Å². The smallest absolute Gasteiger partial charge is 0.358 e. The zero-order valence-corrected chi connectivity index (χ0v) is 15.3. The number of aromatic nitrogens is 1. The first-order chi connectivity index (χ1) is 13.4. The molecule has 0 atom stereocenters. The number of nitrogens with zero attached hydrogens (tertiary/aromatic N) is 1. The van der Waals surface area contributed by atoms with E-state index in [4.69, 9.17) is 4.74 Å². The number of benzene rings is 2. The van der Waals surface area contributed by atoms with E-state index in [1.54, 1.807) is 18.2 Å². The maximum absolute atomic E-state index is 13.8. The molecule has 0 saturated heterocycles. The molecule has 28 heavy (non-hydrogen) atoms. The molecule has 1 heterocycles. The fourth-order valence-electron chi connectivity index (χ4n) is 2.47. The first-order valence-electron chi connectivity index (χ1n) is 7.94. The van der Waals surface area contributed by atoms with Gasteiger partial charge in [-0.2, -0.15) is 0 Å². The van der Waals surface area contributed by atoms with E-state index in [-0.39, 0.29) is 10.8 Å². The summed E-state index contributed by atoms with van der Waals surface area (Å²) in [5.41, 5.74) is 0.0115. The SMILES string of the molecule is COC(=O)c1nc(NC(=O)c2c(F)cccc2F)sc1-c1cccc(CF)c1. The number of anilines is 1. The third kappa shape index (κ3) is 3.89. The summed E-state index contributed by atoms with van der Waals surface area (Å²) in [7, 11) is 1.16. The van der Waals surface area contributed by atoms with Gasteiger partial charge in [-0.3, -0.25) is 10.1 Å². The number of halogens is 3. The van der Waals surface area contributed by atoms with Crippen LogP contribution in [0.4, 0.5) is 18.3 Å². The molecular formula is C19H13F3N2O3S. The van der Waals surface area contributed by atoms with E-state index >= 15 is 0 Å². The Hall–Kier alpha value is -3.20. The van der Waals surface area contributed by atoms with E-state index in [0.29, 0.717) is 16.0 Å². The summed E-state index contributed by atoms with van der Waals surface area (Å²) in [6.07, 6.45) is 0. The number of ether oxygens (including phenoxy) is 1. The molecule has 1 N–H and O–H groups in total. The average molecular weight is 406 g/mol. The molecule has 0 aliphatic rings. The predicted molar refractivity (Wildman–Crippen MR) is 98.0 cm³/mol. The number of amides is 1. The van der Waals surface area contributed by atoms with Gasteiger partial charge in [0.2, 0.25) is 0 Å². The van der Waals surface area contributed by atoms with Crippen LogP contribution in [-0.4, -0.2) is 24.0 Å². The summed E-state index contributed by atoms with van der Waals surface area (Å²) in [6.45, 7) is -0.698. The number of thiazole rings is 1. The predicted octanol–water partition coefficient (Wildman–Crippen LogP) is 4.60. The van der Waals surface area contributed by atoms with Crippen LogP contribution >= 0.6 is 11.3 Å². The van der Waals surface area contributed by atoms with Crippen LogP contribution in [0.1, 0.15) is 26.4 Å². The van der Waals surface area contributed by atoms with Gasteiger partial charge in [-0.15, -0.1) is 0 Å². The lowest BCUT2D eigenvalue weighted by Crippen LogP contribution is -2.16.